The Morgan fingerprint density at radius 3 is 2.24 bits per heavy atom. The number of imide groups is 1. The Morgan fingerprint density at radius 1 is 0.909 bits per heavy atom. The number of nitrogens with zero attached hydrogens (tertiary/aromatic N) is 1. The maximum atomic E-state index is 13.4. The third kappa shape index (κ3) is 4.54. The van der Waals surface area contributed by atoms with Gasteiger partial charge in [0.1, 0.15) is 23.0 Å². The fraction of sp³-hybridized carbons (Fsp3) is 0.120. The maximum Gasteiger partial charge on any atom is 0.278 e. The van der Waals surface area contributed by atoms with E-state index >= 15 is 0 Å². The predicted molar refractivity (Wildman–Crippen MR) is 123 cm³/mol. The van der Waals surface area contributed by atoms with Crippen molar-refractivity contribution in [2.24, 2.45) is 0 Å². The summed E-state index contributed by atoms with van der Waals surface area (Å²) >= 11 is 6.02. The average molecular weight is 467 g/mol. The summed E-state index contributed by atoms with van der Waals surface area (Å²) in [6, 6.07) is 17.4. The molecular formula is C25H20ClFN2O4. The summed E-state index contributed by atoms with van der Waals surface area (Å²) in [5, 5.41) is 3.58. The molecule has 168 valence electrons. The summed E-state index contributed by atoms with van der Waals surface area (Å²) in [6.45, 7) is -0.00450. The van der Waals surface area contributed by atoms with Crippen LogP contribution in [0.4, 0.5) is 10.1 Å². The van der Waals surface area contributed by atoms with Crippen molar-refractivity contribution >= 4 is 34.7 Å². The smallest absolute Gasteiger partial charge is 0.278 e. The van der Waals surface area contributed by atoms with Crippen LogP contribution in [0.1, 0.15) is 11.1 Å². The first-order valence-electron chi connectivity index (χ1n) is 10.0. The predicted octanol–water partition coefficient (Wildman–Crippen LogP) is 4.89. The number of carbonyl (C=O) groups is 2. The molecule has 1 aliphatic heterocycles. The highest BCUT2D eigenvalue weighted by Gasteiger charge is 2.39. The number of nitrogens with one attached hydrogen (secondary N) is 1. The summed E-state index contributed by atoms with van der Waals surface area (Å²) in [7, 11) is 3.03. The Labute approximate surface area is 195 Å². The molecule has 0 aromatic heterocycles. The van der Waals surface area contributed by atoms with Crippen LogP contribution in [0.5, 0.6) is 11.5 Å². The van der Waals surface area contributed by atoms with Crippen molar-refractivity contribution in [1.82, 2.24) is 4.90 Å². The normalized spacial score (nSPS) is 13.5. The molecule has 0 atom stereocenters. The lowest BCUT2D eigenvalue weighted by Crippen LogP contribution is -2.32. The Kier molecular flexibility index (Phi) is 6.33. The first kappa shape index (κ1) is 22.4. The Morgan fingerprint density at radius 2 is 1.61 bits per heavy atom. The number of hydrogen-bond donors (Lipinski definition) is 1. The van der Waals surface area contributed by atoms with Crippen molar-refractivity contribution < 1.29 is 23.5 Å². The quantitative estimate of drug-likeness (QED) is 0.502. The number of ether oxygens (including phenoxy) is 2. The Balaban J connectivity index is 1.77. The summed E-state index contributed by atoms with van der Waals surface area (Å²) in [5.74, 6) is -0.372. The molecule has 3 aromatic carbocycles. The molecule has 0 unspecified atom stereocenters. The fourth-order valence-corrected chi connectivity index (χ4v) is 3.66. The van der Waals surface area contributed by atoms with E-state index in [1.807, 2.05) is 0 Å². The van der Waals surface area contributed by atoms with E-state index in [1.165, 1.54) is 38.5 Å². The molecule has 3 aromatic rings. The van der Waals surface area contributed by atoms with Crippen LogP contribution >= 0.6 is 11.6 Å². The lowest BCUT2D eigenvalue weighted by Gasteiger charge is -2.16. The van der Waals surface area contributed by atoms with E-state index < -0.39 is 17.6 Å². The number of rotatable bonds is 7. The van der Waals surface area contributed by atoms with Crippen LogP contribution in [0, 0.1) is 5.82 Å². The van der Waals surface area contributed by atoms with E-state index in [0.717, 1.165) is 4.90 Å². The molecule has 1 N–H and O–H groups in total. The van der Waals surface area contributed by atoms with Gasteiger partial charge >= 0.3 is 0 Å². The van der Waals surface area contributed by atoms with Crippen LogP contribution < -0.4 is 14.8 Å². The molecule has 0 aliphatic carbocycles. The van der Waals surface area contributed by atoms with Crippen molar-refractivity contribution in [1.29, 1.82) is 0 Å². The maximum absolute atomic E-state index is 13.4. The van der Waals surface area contributed by atoms with Gasteiger partial charge in [0.25, 0.3) is 11.8 Å². The lowest BCUT2D eigenvalue weighted by molar-refractivity contribution is -0.137. The highest BCUT2D eigenvalue weighted by atomic mass is 35.5. The molecule has 2 amide bonds. The van der Waals surface area contributed by atoms with E-state index in [1.54, 1.807) is 42.5 Å². The van der Waals surface area contributed by atoms with Gasteiger partial charge in [-0.05, 0) is 47.5 Å². The van der Waals surface area contributed by atoms with Crippen LogP contribution in [0.3, 0.4) is 0 Å². The van der Waals surface area contributed by atoms with Gasteiger partial charge in [0.15, 0.2) is 0 Å². The van der Waals surface area contributed by atoms with E-state index in [2.05, 4.69) is 5.32 Å². The number of benzene rings is 3. The largest absolute Gasteiger partial charge is 0.497 e. The third-order valence-electron chi connectivity index (χ3n) is 5.22. The molecule has 0 fully saturated rings. The highest BCUT2D eigenvalue weighted by molar-refractivity contribution is 6.36. The Hall–Kier alpha value is -3.84. The molecule has 1 heterocycles. The summed E-state index contributed by atoms with van der Waals surface area (Å²) in [5.41, 5.74) is 1.90. The number of methoxy groups -OCH3 is 2. The van der Waals surface area contributed by atoms with Crippen LogP contribution in [0.2, 0.25) is 5.02 Å². The monoisotopic (exact) mass is 466 g/mol. The van der Waals surface area contributed by atoms with Gasteiger partial charge in [-0.1, -0.05) is 35.9 Å². The number of amides is 2. The van der Waals surface area contributed by atoms with Gasteiger partial charge in [-0.25, -0.2) is 4.39 Å². The molecule has 0 saturated heterocycles. The number of halogens is 2. The zero-order valence-corrected chi connectivity index (χ0v) is 18.7. The zero-order valence-electron chi connectivity index (χ0n) is 17.9. The minimum atomic E-state index is -0.515. The van der Waals surface area contributed by atoms with Crippen molar-refractivity contribution in [3.8, 4) is 11.5 Å². The van der Waals surface area contributed by atoms with Crippen molar-refractivity contribution in [3.63, 3.8) is 0 Å². The standard InChI is InChI=1S/C25H20ClFN2O4/c1-32-19-11-12-21(33-2)20(13-19)28-23-22(16-5-7-17(26)8-6-16)24(30)29(25(23)31)14-15-3-9-18(27)10-4-15/h3-13,28H,14H2,1-2H3. The van der Waals surface area contributed by atoms with Crippen molar-refractivity contribution in [2.45, 2.75) is 6.54 Å². The second-order valence-corrected chi connectivity index (χ2v) is 7.71. The molecule has 4 rings (SSSR count). The molecule has 0 spiro atoms. The molecule has 1 aliphatic rings. The van der Waals surface area contributed by atoms with E-state index in [-0.39, 0.29) is 17.8 Å². The molecule has 8 heteroatoms. The van der Waals surface area contributed by atoms with Gasteiger partial charge in [-0.2, -0.15) is 0 Å². The number of hydrogen-bond acceptors (Lipinski definition) is 5. The molecule has 0 radical (unpaired) electrons. The van der Waals surface area contributed by atoms with Crippen molar-refractivity contribution in [2.75, 3.05) is 19.5 Å². The van der Waals surface area contributed by atoms with E-state index in [4.69, 9.17) is 21.1 Å². The SMILES string of the molecule is COc1ccc(OC)c(NC2=C(c3ccc(Cl)cc3)C(=O)N(Cc3ccc(F)cc3)C2=O)c1. The molecule has 0 bridgehead atoms. The molecule has 33 heavy (non-hydrogen) atoms. The second kappa shape index (κ2) is 9.34. The van der Waals surface area contributed by atoms with Gasteiger partial charge < -0.3 is 14.8 Å². The number of anilines is 1. The second-order valence-electron chi connectivity index (χ2n) is 7.27. The Bertz CT molecular complexity index is 1240. The van der Waals surface area contributed by atoms with E-state index in [0.29, 0.717) is 33.3 Å². The minimum Gasteiger partial charge on any atom is -0.497 e. The minimum absolute atomic E-state index is 0.00450. The molecule has 6 nitrogen and oxygen atoms in total. The van der Waals surface area contributed by atoms with Gasteiger partial charge in [-0.3, -0.25) is 14.5 Å². The first-order chi connectivity index (χ1) is 15.9. The average Bonchev–Trinajstić information content (AvgIpc) is 3.05. The highest BCUT2D eigenvalue weighted by Crippen LogP contribution is 2.36. The topological polar surface area (TPSA) is 67.9 Å². The molecule has 0 saturated carbocycles. The van der Waals surface area contributed by atoms with Crippen molar-refractivity contribution in [3.05, 3.63) is 94.4 Å². The first-order valence-corrected chi connectivity index (χ1v) is 10.4. The van der Waals surface area contributed by atoms with Crippen LogP contribution in [0.15, 0.2) is 72.4 Å². The van der Waals surface area contributed by atoms with Gasteiger partial charge in [-0.15, -0.1) is 0 Å². The summed E-state index contributed by atoms with van der Waals surface area (Å²) < 4.78 is 24.0. The summed E-state index contributed by atoms with van der Waals surface area (Å²) in [4.78, 5) is 27.9. The lowest BCUT2D eigenvalue weighted by atomic mass is 10.0. The van der Waals surface area contributed by atoms with Crippen LogP contribution in [0.25, 0.3) is 5.57 Å². The summed E-state index contributed by atoms with van der Waals surface area (Å²) in [6.07, 6.45) is 0. The zero-order chi connectivity index (χ0) is 23.5. The van der Waals surface area contributed by atoms with Crippen LogP contribution in [-0.2, 0) is 16.1 Å². The fourth-order valence-electron chi connectivity index (χ4n) is 3.54. The molecular weight excluding hydrogens is 447 g/mol. The van der Waals surface area contributed by atoms with Gasteiger partial charge in [0.2, 0.25) is 0 Å². The number of carbonyl (C=O) groups excluding carboxylic acids is 2. The van der Waals surface area contributed by atoms with Gasteiger partial charge in [0.05, 0.1) is 32.0 Å². The van der Waals surface area contributed by atoms with Crippen LogP contribution in [-0.4, -0.2) is 30.9 Å². The van der Waals surface area contributed by atoms with Gasteiger partial charge in [0, 0.05) is 11.1 Å². The van der Waals surface area contributed by atoms with E-state index in [9.17, 15) is 14.0 Å². The third-order valence-corrected chi connectivity index (χ3v) is 5.47.